The molecule has 4 aromatic rings. The Bertz CT molecular complexity index is 1130. The molecule has 1 N–H and O–H groups in total. The van der Waals surface area contributed by atoms with E-state index in [4.69, 9.17) is 9.72 Å². The van der Waals surface area contributed by atoms with Crippen molar-refractivity contribution in [3.05, 3.63) is 89.5 Å². The topological polar surface area (TPSA) is 51.2 Å². The summed E-state index contributed by atoms with van der Waals surface area (Å²) in [5.41, 5.74) is 6.55. The molecule has 0 spiro atoms. The number of nitrogens with one attached hydrogen (secondary N) is 1. The summed E-state index contributed by atoms with van der Waals surface area (Å²) in [7, 11) is 1.65. The van der Waals surface area contributed by atoms with Gasteiger partial charge in [-0.25, -0.2) is 4.98 Å². The molecule has 0 saturated heterocycles. The average Bonchev–Trinajstić information content (AvgIpc) is 3.22. The molecule has 0 aliphatic rings. The number of hydrogen-bond donors (Lipinski definition) is 1. The van der Waals surface area contributed by atoms with Crippen LogP contribution in [-0.4, -0.2) is 18.0 Å². The fraction of sp³-hybridized carbons (Fsp3) is 0.185. The molecular weight excluding hydrogens is 416 g/mol. The van der Waals surface area contributed by atoms with Gasteiger partial charge in [-0.1, -0.05) is 83.1 Å². The number of carbonyl (C=O) groups excluding carboxylic acids is 1. The summed E-state index contributed by atoms with van der Waals surface area (Å²) < 4.78 is 5.19. The molecule has 32 heavy (non-hydrogen) atoms. The molecule has 0 radical (unpaired) electrons. The van der Waals surface area contributed by atoms with Gasteiger partial charge in [-0.05, 0) is 43.5 Å². The molecule has 0 unspecified atom stereocenters. The summed E-state index contributed by atoms with van der Waals surface area (Å²) in [5, 5.41) is 3.62. The van der Waals surface area contributed by atoms with Crippen molar-refractivity contribution >= 4 is 22.4 Å². The quantitative estimate of drug-likeness (QED) is 0.348. The molecular formula is C27H26N2O2S. The van der Waals surface area contributed by atoms with Gasteiger partial charge in [0.25, 0.3) is 0 Å². The predicted molar refractivity (Wildman–Crippen MR) is 132 cm³/mol. The number of anilines is 1. The molecule has 5 heteroatoms. The summed E-state index contributed by atoms with van der Waals surface area (Å²) >= 11 is 1.51. The first-order valence-corrected chi connectivity index (χ1v) is 11.4. The number of hydrogen-bond acceptors (Lipinski definition) is 4. The maximum absolute atomic E-state index is 12.6. The number of nitrogens with zero attached hydrogens (tertiary/aromatic N) is 1. The van der Waals surface area contributed by atoms with Gasteiger partial charge < -0.3 is 10.1 Å². The van der Waals surface area contributed by atoms with E-state index >= 15 is 0 Å². The molecule has 0 atom stereocenters. The zero-order valence-electron chi connectivity index (χ0n) is 18.5. The molecule has 0 saturated carbocycles. The summed E-state index contributed by atoms with van der Waals surface area (Å²) in [4.78, 5) is 18.5. The zero-order valence-corrected chi connectivity index (χ0v) is 19.3. The Kier molecular flexibility index (Phi) is 6.66. The minimum atomic E-state index is -0.0412. The highest BCUT2D eigenvalue weighted by molar-refractivity contribution is 7.19. The molecule has 4 nitrogen and oxygen atoms in total. The van der Waals surface area contributed by atoms with E-state index in [0.717, 1.165) is 33.0 Å². The van der Waals surface area contributed by atoms with Crippen molar-refractivity contribution in [3.63, 3.8) is 0 Å². The molecule has 162 valence electrons. The lowest BCUT2D eigenvalue weighted by atomic mass is 10.0. The molecule has 1 amide bonds. The van der Waals surface area contributed by atoms with Crippen molar-refractivity contribution in [1.82, 2.24) is 4.98 Å². The molecule has 1 heterocycles. The van der Waals surface area contributed by atoms with Crippen LogP contribution in [0, 0.1) is 13.8 Å². The first-order valence-electron chi connectivity index (χ1n) is 10.6. The van der Waals surface area contributed by atoms with Gasteiger partial charge in [-0.3, -0.25) is 4.79 Å². The van der Waals surface area contributed by atoms with Crippen LogP contribution in [0.5, 0.6) is 5.75 Å². The Balaban J connectivity index is 1.54. The number of aromatic nitrogens is 1. The first-order chi connectivity index (χ1) is 15.5. The van der Waals surface area contributed by atoms with Crippen LogP contribution in [0.2, 0.25) is 0 Å². The molecule has 0 bridgehead atoms. The zero-order chi connectivity index (χ0) is 22.5. The predicted octanol–water partition coefficient (Wildman–Crippen LogP) is 6.67. The van der Waals surface area contributed by atoms with Crippen LogP contribution < -0.4 is 10.1 Å². The molecule has 0 fully saturated rings. The number of aryl methyl sites for hydroxylation is 3. The second kappa shape index (κ2) is 9.79. The van der Waals surface area contributed by atoms with E-state index < -0.39 is 0 Å². The van der Waals surface area contributed by atoms with Crippen molar-refractivity contribution < 1.29 is 9.53 Å². The van der Waals surface area contributed by atoms with Crippen LogP contribution in [0.25, 0.3) is 21.7 Å². The van der Waals surface area contributed by atoms with Crippen LogP contribution in [-0.2, 0) is 11.2 Å². The third kappa shape index (κ3) is 5.24. The maximum Gasteiger partial charge on any atom is 0.226 e. The van der Waals surface area contributed by atoms with Crippen molar-refractivity contribution in [1.29, 1.82) is 0 Å². The summed E-state index contributed by atoms with van der Waals surface area (Å²) in [6.45, 7) is 4.14. The largest absolute Gasteiger partial charge is 0.497 e. The SMILES string of the molecule is COc1ccc(CCC(=O)Nc2nc(-c3ccc(C)cc3)c(-c3ccc(C)cc3)s2)cc1. The number of carbonyl (C=O) groups is 1. The molecule has 0 aliphatic heterocycles. The van der Waals surface area contributed by atoms with E-state index in [1.165, 1.54) is 22.5 Å². The van der Waals surface area contributed by atoms with E-state index in [1.54, 1.807) is 7.11 Å². The third-order valence-corrected chi connectivity index (χ3v) is 6.33. The van der Waals surface area contributed by atoms with E-state index in [-0.39, 0.29) is 5.91 Å². The van der Waals surface area contributed by atoms with E-state index in [1.807, 2.05) is 24.3 Å². The van der Waals surface area contributed by atoms with Crippen LogP contribution in [0.3, 0.4) is 0 Å². The number of thiazole rings is 1. The minimum absolute atomic E-state index is 0.0412. The van der Waals surface area contributed by atoms with Crippen molar-refractivity contribution in [3.8, 4) is 27.4 Å². The number of methoxy groups -OCH3 is 1. The van der Waals surface area contributed by atoms with Gasteiger partial charge in [-0.2, -0.15) is 0 Å². The van der Waals surface area contributed by atoms with Crippen molar-refractivity contribution in [2.45, 2.75) is 26.7 Å². The van der Waals surface area contributed by atoms with Crippen LogP contribution in [0.4, 0.5) is 5.13 Å². The highest BCUT2D eigenvalue weighted by atomic mass is 32.1. The molecule has 0 aliphatic carbocycles. The summed E-state index contributed by atoms with van der Waals surface area (Å²) in [5.74, 6) is 0.772. The third-order valence-electron chi connectivity index (χ3n) is 5.31. The van der Waals surface area contributed by atoms with Crippen LogP contribution in [0.15, 0.2) is 72.8 Å². The van der Waals surface area contributed by atoms with Gasteiger partial charge in [0, 0.05) is 12.0 Å². The second-order valence-corrected chi connectivity index (χ2v) is 8.82. The fourth-order valence-corrected chi connectivity index (χ4v) is 4.42. The highest BCUT2D eigenvalue weighted by Crippen LogP contribution is 2.39. The van der Waals surface area contributed by atoms with Crippen LogP contribution in [0.1, 0.15) is 23.1 Å². The fourth-order valence-electron chi connectivity index (χ4n) is 3.41. The standard InChI is InChI=1S/C27H26N2O2S/c1-18-4-11-21(12-5-18)25-26(22-13-6-19(2)7-14-22)32-27(29-25)28-24(30)17-10-20-8-15-23(31-3)16-9-20/h4-9,11-16H,10,17H2,1-3H3,(H,28,29,30). The van der Waals surface area contributed by atoms with Gasteiger partial charge >= 0.3 is 0 Å². The Hall–Kier alpha value is -3.44. The molecule has 4 rings (SSSR count). The van der Waals surface area contributed by atoms with Gasteiger partial charge in [0.05, 0.1) is 17.7 Å². The lowest BCUT2D eigenvalue weighted by molar-refractivity contribution is -0.116. The minimum Gasteiger partial charge on any atom is -0.497 e. The lowest BCUT2D eigenvalue weighted by Gasteiger charge is -2.04. The average molecular weight is 443 g/mol. The number of ether oxygens (including phenoxy) is 1. The molecule has 3 aromatic carbocycles. The van der Waals surface area contributed by atoms with Gasteiger partial charge in [-0.15, -0.1) is 0 Å². The maximum atomic E-state index is 12.6. The Labute approximate surface area is 192 Å². The lowest BCUT2D eigenvalue weighted by Crippen LogP contribution is -2.12. The van der Waals surface area contributed by atoms with E-state index in [2.05, 4.69) is 67.7 Å². The summed E-state index contributed by atoms with van der Waals surface area (Å²) in [6.07, 6.45) is 1.06. The van der Waals surface area contributed by atoms with Crippen LogP contribution >= 0.6 is 11.3 Å². The number of benzene rings is 3. The van der Waals surface area contributed by atoms with Crippen molar-refractivity contribution in [2.24, 2.45) is 0 Å². The number of rotatable bonds is 7. The van der Waals surface area contributed by atoms with Crippen molar-refractivity contribution in [2.75, 3.05) is 12.4 Å². The second-order valence-electron chi connectivity index (χ2n) is 7.83. The Morgan fingerprint density at radius 3 is 2.06 bits per heavy atom. The normalized spacial score (nSPS) is 10.7. The van der Waals surface area contributed by atoms with Gasteiger partial charge in [0.1, 0.15) is 5.75 Å². The smallest absolute Gasteiger partial charge is 0.226 e. The Morgan fingerprint density at radius 2 is 1.47 bits per heavy atom. The van der Waals surface area contributed by atoms with Gasteiger partial charge in [0.2, 0.25) is 5.91 Å². The summed E-state index contributed by atoms with van der Waals surface area (Å²) in [6, 6.07) is 24.5. The first kappa shape index (κ1) is 21.8. The Morgan fingerprint density at radius 1 is 0.875 bits per heavy atom. The number of amides is 1. The molecule has 1 aromatic heterocycles. The van der Waals surface area contributed by atoms with E-state index in [9.17, 15) is 4.79 Å². The van der Waals surface area contributed by atoms with Gasteiger partial charge in [0.15, 0.2) is 5.13 Å². The highest BCUT2D eigenvalue weighted by Gasteiger charge is 2.16. The van der Waals surface area contributed by atoms with E-state index in [0.29, 0.717) is 18.0 Å². The monoisotopic (exact) mass is 442 g/mol.